The molecule has 140 valence electrons. The van der Waals surface area contributed by atoms with Crippen LogP contribution >= 0.6 is 11.6 Å². The van der Waals surface area contributed by atoms with E-state index in [2.05, 4.69) is 10.3 Å². The molecule has 1 heterocycles. The van der Waals surface area contributed by atoms with Crippen LogP contribution in [0.1, 0.15) is 15.9 Å². The van der Waals surface area contributed by atoms with Gasteiger partial charge in [-0.05, 0) is 55.0 Å². The number of carbonyl (C=O) groups is 1. The number of aromatic nitrogens is 1. The zero-order chi connectivity index (χ0) is 19.8. The van der Waals surface area contributed by atoms with Gasteiger partial charge >= 0.3 is 0 Å². The summed E-state index contributed by atoms with van der Waals surface area (Å²) >= 11 is 5.99. The van der Waals surface area contributed by atoms with Crippen molar-refractivity contribution >= 4 is 34.3 Å². The minimum atomic E-state index is -0.929. The van der Waals surface area contributed by atoms with E-state index in [-0.39, 0.29) is 5.56 Å². The number of anilines is 1. The second kappa shape index (κ2) is 7.05. The molecule has 4 rings (SSSR count). The number of carbonyl (C=O) groups excluding carboxylic acids is 1. The van der Waals surface area contributed by atoms with Crippen LogP contribution in [-0.2, 0) is 0 Å². The van der Waals surface area contributed by atoms with Gasteiger partial charge < -0.3 is 9.73 Å². The van der Waals surface area contributed by atoms with Gasteiger partial charge in [0.25, 0.3) is 5.91 Å². The molecule has 0 atom stereocenters. The Morgan fingerprint density at radius 3 is 2.71 bits per heavy atom. The third-order valence-electron chi connectivity index (χ3n) is 4.34. The standard InChI is InChI=1S/C21H13ClF2N2O2/c1-11-14(21-26-18-9-12(22)5-8-19(18)28-21)3-2-4-17(11)25-20(27)15-7-6-13(23)10-16(15)24/h2-10H,1H3,(H,25,27). The lowest BCUT2D eigenvalue weighted by atomic mass is 10.1. The molecule has 0 aliphatic rings. The highest BCUT2D eigenvalue weighted by Gasteiger charge is 2.17. The van der Waals surface area contributed by atoms with Crippen molar-refractivity contribution in [3.8, 4) is 11.5 Å². The van der Waals surface area contributed by atoms with Crippen LogP contribution in [0, 0.1) is 18.6 Å². The lowest BCUT2D eigenvalue weighted by Gasteiger charge is -2.11. The molecule has 0 saturated heterocycles. The van der Waals surface area contributed by atoms with Crippen molar-refractivity contribution in [1.29, 1.82) is 0 Å². The molecule has 0 aliphatic heterocycles. The van der Waals surface area contributed by atoms with Crippen LogP contribution in [-0.4, -0.2) is 10.9 Å². The highest BCUT2D eigenvalue weighted by Crippen LogP contribution is 2.31. The molecule has 0 fully saturated rings. The molecule has 1 aromatic heterocycles. The summed E-state index contributed by atoms with van der Waals surface area (Å²) in [5.74, 6) is -1.98. The Labute approximate surface area is 163 Å². The van der Waals surface area contributed by atoms with Crippen LogP contribution in [0.3, 0.4) is 0 Å². The van der Waals surface area contributed by atoms with E-state index in [0.29, 0.717) is 44.9 Å². The van der Waals surface area contributed by atoms with E-state index in [0.717, 1.165) is 12.1 Å². The van der Waals surface area contributed by atoms with E-state index in [1.165, 1.54) is 0 Å². The third-order valence-corrected chi connectivity index (χ3v) is 4.57. The van der Waals surface area contributed by atoms with Gasteiger partial charge in [-0.15, -0.1) is 0 Å². The number of nitrogens with one attached hydrogen (secondary N) is 1. The van der Waals surface area contributed by atoms with Crippen LogP contribution < -0.4 is 5.32 Å². The van der Waals surface area contributed by atoms with Gasteiger partial charge in [0.05, 0.1) is 5.56 Å². The number of hydrogen-bond acceptors (Lipinski definition) is 3. The van der Waals surface area contributed by atoms with E-state index in [9.17, 15) is 13.6 Å². The van der Waals surface area contributed by atoms with Gasteiger partial charge in [-0.25, -0.2) is 13.8 Å². The van der Waals surface area contributed by atoms with Crippen molar-refractivity contribution in [3.63, 3.8) is 0 Å². The molecule has 0 bridgehead atoms. The quantitative estimate of drug-likeness (QED) is 0.461. The van der Waals surface area contributed by atoms with E-state index in [1.54, 1.807) is 43.3 Å². The Hall–Kier alpha value is -3.25. The highest BCUT2D eigenvalue weighted by molar-refractivity contribution is 6.31. The average Bonchev–Trinajstić information content (AvgIpc) is 3.06. The number of fused-ring (bicyclic) bond motifs is 1. The summed E-state index contributed by atoms with van der Waals surface area (Å²) in [7, 11) is 0. The largest absolute Gasteiger partial charge is 0.436 e. The monoisotopic (exact) mass is 398 g/mol. The van der Waals surface area contributed by atoms with Crippen LogP contribution in [0.25, 0.3) is 22.6 Å². The maximum atomic E-state index is 13.9. The fourth-order valence-electron chi connectivity index (χ4n) is 2.88. The number of rotatable bonds is 3. The fraction of sp³-hybridized carbons (Fsp3) is 0.0476. The molecule has 0 radical (unpaired) electrons. The predicted octanol–water partition coefficient (Wildman–Crippen LogP) is 5.99. The zero-order valence-corrected chi connectivity index (χ0v) is 15.3. The molecule has 0 saturated carbocycles. The van der Waals surface area contributed by atoms with Crippen LogP contribution in [0.2, 0.25) is 5.02 Å². The molecular formula is C21H13ClF2N2O2. The molecule has 0 unspecified atom stereocenters. The minimum Gasteiger partial charge on any atom is -0.436 e. The maximum absolute atomic E-state index is 13.9. The van der Waals surface area contributed by atoms with E-state index < -0.39 is 17.5 Å². The van der Waals surface area contributed by atoms with Crippen LogP contribution in [0.15, 0.2) is 59.0 Å². The number of oxazole rings is 1. The average molecular weight is 399 g/mol. The Morgan fingerprint density at radius 1 is 1.11 bits per heavy atom. The molecule has 3 aromatic carbocycles. The molecule has 0 aliphatic carbocycles. The first-order chi connectivity index (χ1) is 13.4. The van der Waals surface area contributed by atoms with Crippen molar-refractivity contribution in [2.75, 3.05) is 5.32 Å². The summed E-state index contributed by atoms with van der Waals surface area (Å²) in [5, 5.41) is 3.20. The normalized spacial score (nSPS) is 11.0. The van der Waals surface area contributed by atoms with Crippen molar-refractivity contribution in [1.82, 2.24) is 4.98 Å². The van der Waals surface area contributed by atoms with Gasteiger partial charge in [-0.1, -0.05) is 17.7 Å². The predicted molar refractivity (Wildman–Crippen MR) is 104 cm³/mol. The lowest BCUT2D eigenvalue weighted by Crippen LogP contribution is -2.15. The second-order valence-corrected chi connectivity index (χ2v) is 6.62. The first kappa shape index (κ1) is 18.1. The van der Waals surface area contributed by atoms with Gasteiger partial charge in [0.2, 0.25) is 5.89 Å². The summed E-state index contributed by atoms with van der Waals surface area (Å²) in [4.78, 5) is 16.8. The van der Waals surface area contributed by atoms with Crippen molar-refractivity contribution in [3.05, 3.63) is 82.4 Å². The third kappa shape index (κ3) is 3.34. The van der Waals surface area contributed by atoms with Crippen LogP contribution in [0.4, 0.5) is 14.5 Å². The number of hydrogen-bond donors (Lipinski definition) is 1. The Balaban J connectivity index is 1.69. The summed E-state index contributed by atoms with van der Waals surface area (Å²) in [6.07, 6.45) is 0. The van der Waals surface area contributed by atoms with Crippen molar-refractivity contribution in [2.24, 2.45) is 0 Å². The van der Waals surface area contributed by atoms with Gasteiger partial charge in [-0.3, -0.25) is 4.79 Å². The van der Waals surface area contributed by atoms with Crippen molar-refractivity contribution in [2.45, 2.75) is 6.92 Å². The summed E-state index contributed by atoms with van der Waals surface area (Å²) in [6, 6.07) is 13.1. The zero-order valence-electron chi connectivity index (χ0n) is 14.6. The summed E-state index contributed by atoms with van der Waals surface area (Å²) in [5.41, 5.74) is 2.78. The maximum Gasteiger partial charge on any atom is 0.258 e. The van der Waals surface area contributed by atoms with Crippen LogP contribution in [0.5, 0.6) is 0 Å². The van der Waals surface area contributed by atoms with Gasteiger partial charge in [-0.2, -0.15) is 0 Å². The van der Waals surface area contributed by atoms with E-state index >= 15 is 0 Å². The molecule has 28 heavy (non-hydrogen) atoms. The minimum absolute atomic E-state index is 0.247. The first-order valence-electron chi connectivity index (χ1n) is 8.35. The molecule has 0 spiro atoms. The molecule has 4 aromatic rings. The molecule has 1 N–H and O–H groups in total. The first-order valence-corrected chi connectivity index (χ1v) is 8.72. The van der Waals surface area contributed by atoms with E-state index in [1.807, 2.05) is 0 Å². The topological polar surface area (TPSA) is 55.1 Å². The Bertz CT molecular complexity index is 1220. The molecule has 7 heteroatoms. The molecule has 4 nitrogen and oxygen atoms in total. The van der Waals surface area contributed by atoms with Crippen molar-refractivity contribution < 1.29 is 18.0 Å². The molecular weight excluding hydrogens is 386 g/mol. The smallest absolute Gasteiger partial charge is 0.258 e. The highest BCUT2D eigenvalue weighted by atomic mass is 35.5. The Morgan fingerprint density at radius 2 is 1.93 bits per heavy atom. The summed E-state index contributed by atoms with van der Waals surface area (Å²) < 4.78 is 32.7. The second-order valence-electron chi connectivity index (χ2n) is 6.19. The number of benzene rings is 3. The number of nitrogens with zero attached hydrogens (tertiary/aromatic N) is 1. The fourth-order valence-corrected chi connectivity index (χ4v) is 3.05. The SMILES string of the molecule is Cc1c(NC(=O)c2ccc(F)cc2F)cccc1-c1nc2cc(Cl)ccc2o1. The van der Waals surface area contributed by atoms with Gasteiger partial charge in [0, 0.05) is 22.3 Å². The summed E-state index contributed by atoms with van der Waals surface area (Å²) in [6.45, 7) is 1.79. The van der Waals surface area contributed by atoms with Gasteiger partial charge in [0.1, 0.15) is 17.2 Å². The number of amides is 1. The Kier molecular flexibility index (Phi) is 4.57. The molecule has 1 amide bonds. The van der Waals surface area contributed by atoms with Gasteiger partial charge in [0.15, 0.2) is 5.58 Å². The number of halogens is 3. The van der Waals surface area contributed by atoms with E-state index in [4.69, 9.17) is 16.0 Å². The lowest BCUT2D eigenvalue weighted by molar-refractivity contribution is 0.102.